The van der Waals surface area contributed by atoms with Crippen LogP contribution in [0.1, 0.15) is 40.2 Å². The highest BCUT2D eigenvalue weighted by molar-refractivity contribution is 5.94. The van der Waals surface area contributed by atoms with Crippen molar-refractivity contribution in [2.24, 2.45) is 0 Å². The molecule has 1 amide bonds. The van der Waals surface area contributed by atoms with Crippen LogP contribution in [-0.4, -0.2) is 40.3 Å². The van der Waals surface area contributed by atoms with Crippen LogP contribution in [0.15, 0.2) is 35.1 Å². The van der Waals surface area contributed by atoms with E-state index in [-0.39, 0.29) is 18.6 Å². The third kappa shape index (κ3) is 4.88. The number of ether oxygens (including phenoxy) is 2. The Balaban J connectivity index is 1.41. The lowest BCUT2D eigenvalue weighted by atomic mass is 10.1. The van der Waals surface area contributed by atoms with Gasteiger partial charge in [0.25, 0.3) is 5.91 Å². The number of pyridine rings is 2. The van der Waals surface area contributed by atoms with Crippen LogP contribution in [-0.2, 0) is 11.3 Å². The average Bonchev–Trinajstić information content (AvgIpc) is 3.15. The number of nitrogens with one attached hydrogen (secondary N) is 1. The second kappa shape index (κ2) is 9.22. The Morgan fingerprint density at radius 1 is 1.23 bits per heavy atom. The molecule has 0 unspecified atom stereocenters. The molecule has 0 aliphatic carbocycles. The van der Waals surface area contributed by atoms with Crippen LogP contribution in [0.3, 0.4) is 0 Å². The van der Waals surface area contributed by atoms with Crippen LogP contribution in [0.4, 0.5) is 4.39 Å². The number of aromatic nitrogens is 3. The van der Waals surface area contributed by atoms with E-state index in [1.165, 1.54) is 12.3 Å². The van der Waals surface area contributed by atoms with Gasteiger partial charge in [-0.25, -0.2) is 9.37 Å². The van der Waals surface area contributed by atoms with Crippen molar-refractivity contribution in [2.75, 3.05) is 13.2 Å². The summed E-state index contributed by atoms with van der Waals surface area (Å²) in [5.41, 5.74) is 2.42. The van der Waals surface area contributed by atoms with E-state index < -0.39 is 5.82 Å². The van der Waals surface area contributed by atoms with E-state index in [1.807, 2.05) is 0 Å². The van der Waals surface area contributed by atoms with E-state index in [4.69, 9.17) is 14.0 Å². The Labute approximate surface area is 178 Å². The normalized spacial score (nSPS) is 14.4. The van der Waals surface area contributed by atoms with Gasteiger partial charge in [0.1, 0.15) is 23.9 Å². The van der Waals surface area contributed by atoms with Crippen molar-refractivity contribution in [1.29, 1.82) is 0 Å². The summed E-state index contributed by atoms with van der Waals surface area (Å²) in [4.78, 5) is 20.6. The molecule has 1 N–H and O–H groups in total. The van der Waals surface area contributed by atoms with Crippen LogP contribution in [0, 0.1) is 19.7 Å². The number of amides is 1. The molecule has 8 nitrogen and oxygen atoms in total. The van der Waals surface area contributed by atoms with E-state index in [0.29, 0.717) is 52.9 Å². The molecule has 0 spiro atoms. The van der Waals surface area contributed by atoms with Gasteiger partial charge in [-0.1, -0.05) is 5.16 Å². The van der Waals surface area contributed by atoms with E-state index in [2.05, 4.69) is 20.4 Å². The molecule has 0 radical (unpaired) electrons. The van der Waals surface area contributed by atoms with Crippen molar-refractivity contribution < 1.29 is 23.2 Å². The predicted octanol–water partition coefficient (Wildman–Crippen LogP) is 3.38. The largest absolute Gasteiger partial charge is 0.473 e. The van der Waals surface area contributed by atoms with Crippen molar-refractivity contribution in [1.82, 2.24) is 20.4 Å². The molecule has 1 saturated heterocycles. The highest BCUT2D eigenvalue weighted by Gasteiger charge is 2.19. The zero-order valence-electron chi connectivity index (χ0n) is 17.4. The topological polar surface area (TPSA) is 99.4 Å². The fourth-order valence-corrected chi connectivity index (χ4v) is 3.28. The van der Waals surface area contributed by atoms with Gasteiger partial charge >= 0.3 is 0 Å². The van der Waals surface area contributed by atoms with Gasteiger partial charge in [-0.15, -0.1) is 0 Å². The Morgan fingerprint density at radius 2 is 2.03 bits per heavy atom. The molecule has 0 aromatic carbocycles. The molecular formula is C22H23FN4O4. The van der Waals surface area contributed by atoms with Crippen molar-refractivity contribution >= 4 is 5.91 Å². The minimum absolute atomic E-state index is 0.119. The number of halogens is 1. The maximum atomic E-state index is 13.9. The number of carbonyl (C=O) groups is 1. The fourth-order valence-electron chi connectivity index (χ4n) is 3.28. The van der Waals surface area contributed by atoms with Gasteiger partial charge in [-0.2, -0.15) is 0 Å². The summed E-state index contributed by atoms with van der Waals surface area (Å²) in [6.45, 7) is 4.79. The maximum Gasteiger partial charge on any atom is 0.253 e. The van der Waals surface area contributed by atoms with Crippen LogP contribution < -0.4 is 10.1 Å². The van der Waals surface area contributed by atoms with Gasteiger partial charge in [0.15, 0.2) is 0 Å². The summed E-state index contributed by atoms with van der Waals surface area (Å²) >= 11 is 0. The Bertz CT molecular complexity index is 1060. The second-order valence-electron chi connectivity index (χ2n) is 7.39. The summed E-state index contributed by atoms with van der Waals surface area (Å²) in [6, 6.07) is 4.78. The first-order chi connectivity index (χ1) is 15.0. The Morgan fingerprint density at radius 3 is 2.74 bits per heavy atom. The molecule has 162 valence electrons. The standard InChI is InChI=1S/C22H23FN4O4/c1-13-19(23)9-16(11-24-13)21-18(14(2)31-27-21)12-30-20-4-3-15(10-25-20)22(28)26-17-5-7-29-8-6-17/h3-4,9-11,17H,5-8,12H2,1-2H3,(H,26,28). The molecule has 1 fully saturated rings. The lowest BCUT2D eigenvalue weighted by molar-refractivity contribution is 0.0696. The molecule has 1 aliphatic rings. The summed E-state index contributed by atoms with van der Waals surface area (Å²) in [5.74, 6) is 0.323. The molecule has 3 aromatic heterocycles. The van der Waals surface area contributed by atoms with Gasteiger partial charge in [0, 0.05) is 43.3 Å². The lowest BCUT2D eigenvalue weighted by Crippen LogP contribution is -2.38. The number of rotatable bonds is 6. The third-order valence-corrected chi connectivity index (χ3v) is 5.20. The molecule has 4 rings (SSSR count). The second-order valence-corrected chi connectivity index (χ2v) is 7.39. The molecule has 9 heteroatoms. The lowest BCUT2D eigenvalue weighted by Gasteiger charge is -2.23. The van der Waals surface area contributed by atoms with Crippen molar-refractivity contribution in [3.63, 3.8) is 0 Å². The molecule has 0 atom stereocenters. The van der Waals surface area contributed by atoms with Crippen molar-refractivity contribution in [3.05, 3.63) is 59.0 Å². The molecule has 31 heavy (non-hydrogen) atoms. The smallest absolute Gasteiger partial charge is 0.253 e. The summed E-state index contributed by atoms with van der Waals surface area (Å²) in [7, 11) is 0. The first-order valence-electron chi connectivity index (χ1n) is 10.1. The number of aryl methyl sites for hydroxylation is 2. The van der Waals surface area contributed by atoms with E-state index in [0.717, 1.165) is 12.8 Å². The van der Waals surface area contributed by atoms with Crippen LogP contribution in [0.2, 0.25) is 0 Å². The molecule has 0 bridgehead atoms. The van der Waals surface area contributed by atoms with Gasteiger partial charge < -0.3 is 19.3 Å². The molecule has 1 aliphatic heterocycles. The first-order valence-corrected chi connectivity index (χ1v) is 10.1. The zero-order valence-corrected chi connectivity index (χ0v) is 17.4. The summed E-state index contributed by atoms with van der Waals surface area (Å²) in [6.07, 6.45) is 4.64. The Hall–Kier alpha value is -3.33. The van der Waals surface area contributed by atoms with Crippen LogP contribution in [0.25, 0.3) is 11.3 Å². The van der Waals surface area contributed by atoms with Crippen molar-refractivity contribution in [3.8, 4) is 17.1 Å². The third-order valence-electron chi connectivity index (χ3n) is 5.20. The van der Waals surface area contributed by atoms with Gasteiger partial charge in [0.2, 0.25) is 5.88 Å². The van der Waals surface area contributed by atoms with Crippen LogP contribution in [0.5, 0.6) is 5.88 Å². The molecule has 0 saturated carbocycles. The summed E-state index contributed by atoms with van der Waals surface area (Å²) in [5, 5.41) is 7.01. The molecule has 4 heterocycles. The van der Waals surface area contributed by atoms with E-state index in [9.17, 15) is 9.18 Å². The van der Waals surface area contributed by atoms with Crippen molar-refractivity contribution in [2.45, 2.75) is 39.3 Å². The van der Waals surface area contributed by atoms with E-state index in [1.54, 1.807) is 32.2 Å². The highest BCUT2D eigenvalue weighted by Crippen LogP contribution is 2.27. The number of hydrogen-bond donors (Lipinski definition) is 1. The number of hydrogen-bond acceptors (Lipinski definition) is 7. The quantitative estimate of drug-likeness (QED) is 0.645. The number of carbonyl (C=O) groups excluding carboxylic acids is 1. The Kier molecular flexibility index (Phi) is 6.22. The predicted molar refractivity (Wildman–Crippen MR) is 109 cm³/mol. The minimum atomic E-state index is -0.415. The van der Waals surface area contributed by atoms with Gasteiger partial charge in [-0.3, -0.25) is 9.78 Å². The average molecular weight is 426 g/mol. The highest BCUT2D eigenvalue weighted by atomic mass is 19.1. The van der Waals surface area contributed by atoms with Gasteiger partial charge in [-0.05, 0) is 38.8 Å². The maximum absolute atomic E-state index is 13.9. The van der Waals surface area contributed by atoms with Crippen LogP contribution >= 0.6 is 0 Å². The number of nitrogens with zero attached hydrogens (tertiary/aromatic N) is 3. The minimum Gasteiger partial charge on any atom is -0.473 e. The fraction of sp³-hybridized carbons (Fsp3) is 0.364. The molecule has 3 aromatic rings. The van der Waals surface area contributed by atoms with Gasteiger partial charge in [0.05, 0.1) is 16.8 Å². The van der Waals surface area contributed by atoms with E-state index >= 15 is 0 Å². The monoisotopic (exact) mass is 426 g/mol. The zero-order chi connectivity index (χ0) is 21.8. The molecular weight excluding hydrogens is 403 g/mol. The summed E-state index contributed by atoms with van der Waals surface area (Å²) < 4.78 is 30.2. The first kappa shape index (κ1) is 20.9. The SMILES string of the molecule is Cc1ncc(-c2noc(C)c2COc2ccc(C(=O)NC3CCOCC3)cn2)cc1F.